The first-order chi connectivity index (χ1) is 14.1. The molecule has 2 N–H and O–H groups in total. The Morgan fingerprint density at radius 2 is 2.07 bits per heavy atom. The van der Waals surface area contributed by atoms with Gasteiger partial charge in [0.15, 0.2) is 17.4 Å². The molecular formula is C16H17ClFN9O2. The molecule has 1 fully saturated rings. The summed E-state index contributed by atoms with van der Waals surface area (Å²) in [6.45, 7) is 3.71. The molecule has 3 heterocycles. The number of hydrogen-bond donors (Lipinski definition) is 2. The Balaban J connectivity index is 1.46. The highest BCUT2D eigenvalue weighted by atomic mass is 35.5. The fraction of sp³-hybridized carbons (Fsp3) is 0.375. The van der Waals surface area contributed by atoms with Crippen LogP contribution in [0.15, 0.2) is 22.8 Å². The van der Waals surface area contributed by atoms with Crippen LogP contribution < -0.4 is 5.32 Å². The third kappa shape index (κ3) is 4.55. The Morgan fingerprint density at radius 1 is 1.24 bits per heavy atom. The SMILES string of the molecule is N=C(Nc1ccc(F)c(Cl)c1)c1nonc1Cn1nnnc1CN1CCOCC1. The van der Waals surface area contributed by atoms with Gasteiger partial charge in [-0.3, -0.25) is 10.3 Å². The van der Waals surface area contributed by atoms with Gasteiger partial charge in [0.05, 0.1) is 31.3 Å². The Bertz CT molecular complexity index is 1000. The number of benzene rings is 1. The van der Waals surface area contributed by atoms with Crippen LogP contribution in [0.3, 0.4) is 0 Å². The average Bonchev–Trinajstić information content (AvgIpc) is 3.36. The largest absolute Gasteiger partial charge is 0.379 e. The Morgan fingerprint density at radius 3 is 2.86 bits per heavy atom. The molecule has 152 valence electrons. The van der Waals surface area contributed by atoms with E-state index in [0.717, 1.165) is 13.1 Å². The van der Waals surface area contributed by atoms with Gasteiger partial charge < -0.3 is 10.1 Å². The molecule has 0 radical (unpaired) electrons. The predicted molar refractivity (Wildman–Crippen MR) is 99.2 cm³/mol. The minimum atomic E-state index is -0.543. The number of hydrogen-bond acceptors (Lipinski definition) is 9. The lowest BCUT2D eigenvalue weighted by molar-refractivity contribution is 0.0324. The minimum Gasteiger partial charge on any atom is -0.379 e. The molecule has 0 bridgehead atoms. The first-order valence-electron chi connectivity index (χ1n) is 8.77. The molecule has 11 nitrogen and oxygen atoms in total. The van der Waals surface area contributed by atoms with Crippen LogP contribution >= 0.6 is 11.6 Å². The number of morpholine rings is 1. The summed E-state index contributed by atoms with van der Waals surface area (Å²) in [7, 11) is 0. The zero-order valence-corrected chi connectivity index (χ0v) is 15.9. The van der Waals surface area contributed by atoms with Gasteiger partial charge in [-0.15, -0.1) is 5.10 Å². The van der Waals surface area contributed by atoms with Gasteiger partial charge in [0.1, 0.15) is 11.5 Å². The van der Waals surface area contributed by atoms with Gasteiger partial charge in [-0.2, -0.15) is 0 Å². The quantitative estimate of drug-likeness (QED) is 0.444. The minimum absolute atomic E-state index is 0.0530. The van der Waals surface area contributed by atoms with Crippen LogP contribution in [0.5, 0.6) is 0 Å². The summed E-state index contributed by atoms with van der Waals surface area (Å²) in [6.07, 6.45) is 0. The van der Waals surface area contributed by atoms with Gasteiger partial charge >= 0.3 is 0 Å². The Hall–Kier alpha value is -2.96. The van der Waals surface area contributed by atoms with Crippen molar-refractivity contribution in [2.24, 2.45) is 0 Å². The molecule has 0 aliphatic carbocycles. The monoisotopic (exact) mass is 421 g/mol. The third-order valence-electron chi connectivity index (χ3n) is 4.36. The number of nitrogens with zero attached hydrogens (tertiary/aromatic N) is 7. The maximum Gasteiger partial charge on any atom is 0.174 e. The molecular weight excluding hydrogens is 405 g/mol. The second-order valence-electron chi connectivity index (χ2n) is 6.33. The number of ether oxygens (including phenoxy) is 1. The number of aromatic nitrogens is 6. The summed E-state index contributed by atoms with van der Waals surface area (Å²) in [6, 6.07) is 4.05. The van der Waals surface area contributed by atoms with Crippen LogP contribution in [0.25, 0.3) is 0 Å². The standard InChI is InChI=1S/C16H17ClFN9O2/c17-11-7-10(1-2-12(11)18)20-16(19)15-13(22-29-23-15)8-27-14(21-24-25-27)9-26-3-5-28-6-4-26/h1-2,7H,3-6,8-9H2,(H2,19,20). The van der Waals surface area contributed by atoms with Crippen molar-refractivity contribution in [3.63, 3.8) is 0 Å². The fourth-order valence-electron chi connectivity index (χ4n) is 2.84. The highest BCUT2D eigenvalue weighted by Crippen LogP contribution is 2.20. The molecule has 4 rings (SSSR count). The van der Waals surface area contributed by atoms with Crippen molar-refractivity contribution in [2.45, 2.75) is 13.1 Å². The van der Waals surface area contributed by atoms with Gasteiger partial charge in [-0.1, -0.05) is 16.8 Å². The average molecular weight is 422 g/mol. The number of nitrogens with one attached hydrogen (secondary N) is 2. The van der Waals surface area contributed by atoms with E-state index in [1.807, 2.05) is 0 Å². The van der Waals surface area contributed by atoms with Crippen LogP contribution in [0.1, 0.15) is 17.2 Å². The lowest BCUT2D eigenvalue weighted by atomic mass is 10.2. The van der Waals surface area contributed by atoms with Gasteiger partial charge in [-0.25, -0.2) is 13.7 Å². The summed E-state index contributed by atoms with van der Waals surface area (Å²) in [4.78, 5) is 2.19. The zero-order chi connectivity index (χ0) is 20.2. The van der Waals surface area contributed by atoms with Crippen LogP contribution in [0, 0.1) is 11.2 Å². The highest BCUT2D eigenvalue weighted by molar-refractivity contribution is 6.31. The van der Waals surface area contributed by atoms with Gasteiger partial charge in [0.2, 0.25) is 0 Å². The molecule has 1 aliphatic heterocycles. The Kier molecular flexibility index (Phi) is 5.74. The summed E-state index contributed by atoms with van der Waals surface area (Å²) < 4.78 is 25.1. The molecule has 2 aromatic heterocycles. The van der Waals surface area contributed by atoms with Gasteiger partial charge in [0, 0.05) is 18.8 Å². The predicted octanol–water partition coefficient (Wildman–Crippen LogP) is 1.17. The second-order valence-corrected chi connectivity index (χ2v) is 6.74. The summed E-state index contributed by atoms with van der Waals surface area (Å²) in [5.74, 6) is 0.0383. The number of tetrazole rings is 1. The van der Waals surface area contributed by atoms with Crippen LogP contribution in [-0.2, 0) is 17.8 Å². The number of amidine groups is 1. The van der Waals surface area contributed by atoms with Crippen molar-refractivity contribution in [3.8, 4) is 0 Å². The van der Waals surface area contributed by atoms with E-state index in [2.05, 4.69) is 36.1 Å². The van der Waals surface area contributed by atoms with Crippen molar-refractivity contribution < 1.29 is 13.8 Å². The smallest absolute Gasteiger partial charge is 0.174 e. The lowest BCUT2D eigenvalue weighted by Gasteiger charge is -2.25. The number of anilines is 1. The van der Waals surface area contributed by atoms with E-state index < -0.39 is 5.82 Å². The molecule has 0 unspecified atom stereocenters. The number of halogens is 2. The first-order valence-corrected chi connectivity index (χ1v) is 9.15. The van der Waals surface area contributed by atoms with E-state index in [9.17, 15) is 4.39 Å². The van der Waals surface area contributed by atoms with E-state index in [4.69, 9.17) is 26.4 Å². The van der Waals surface area contributed by atoms with Crippen molar-refractivity contribution in [2.75, 3.05) is 31.6 Å². The van der Waals surface area contributed by atoms with E-state index in [1.165, 1.54) is 18.2 Å². The van der Waals surface area contributed by atoms with E-state index in [0.29, 0.717) is 37.0 Å². The fourth-order valence-corrected chi connectivity index (χ4v) is 3.02. The van der Waals surface area contributed by atoms with E-state index in [-0.39, 0.29) is 23.1 Å². The first kappa shape index (κ1) is 19.4. The normalized spacial score (nSPS) is 14.8. The van der Waals surface area contributed by atoms with Crippen molar-refractivity contribution in [3.05, 3.63) is 46.3 Å². The van der Waals surface area contributed by atoms with Gasteiger partial charge in [-0.05, 0) is 33.8 Å². The van der Waals surface area contributed by atoms with E-state index in [1.54, 1.807) is 4.68 Å². The summed E-state index contributed by atoms with van der Waals surface area (Å²) in [5.41, 5.74) is 1.01. The van der Waals surface area contributed by atoms with Gasteiger partial charge in [0.25, 0.3) is 0 Å². The topological polar surface area (TPSA) is 131 Å². The molecule has 0 saturated carbocycles. The number of rotatable bonds is 6. The molecule has 13 heteroatoms. The lowest BCUT2D eigenvalue weighted by Crippen LogP contribution is -2.36. The van der Waals surface area contributed by atoms with Crippen LogP contribution in [0.4, 0.5) is 10.1 Å². The molecule has 1 aliphatic rings. The second kappa shape index (κ2) is 8.59. The van der Waals surface area contributed by atoms with E-state index >= 15 is 0 Å². The van der Waals surface area contributed by atoms with Crippen molar-refractivity contribution >= 4 is 23.1 Å². The zero-order valence-electron chi connectivity index (χ0n) is 15.2. The molecule has 1 saturated heterocycles. The highest BCUT2D eigenvalue weighted by Gasteiger charge is 2.20. The Labute approximate surface area is 169 Å². The third-order valence-corrected chi connectivity index (χ3v) is 4.65. The summed E-state index contributed by atoms with van der Waals surface area (Å²) >= 11 is 5.78. The molecule has 1 aromatic carbocycles. The molecule has 0 atom stereocenters. The van der Waals surface area contributed by atoms with Crippen LogP contribution in [-0.4, -0.2) is 67.6 Å². The molecule has 0 spiro atoms. The summed E-state index contributed by atoms with van der Waals surface area (Å²) in [5, 5.41) is 30.5. The molecule has 29 heavy (non-hydrogen) atoms. The van der Waals surface area contributed by atoms with Crippen molar-refractivity contribution in [1.29, 1.82) is 5.41 Å². The maximum absolute atomic E-state index is 13.3. The van der Waals surface area contributed by atoms with Crippen LogP contribution in [0.2, 0.25) is 5.02 Å². The maximum atomic E-state index is 13.3. The van der Waals surface area contributed by atoms with Crippen molar-refractivity contribution in [1.82, 2.24) is 35.4 Å². The molecule has 0 amide bonds. The molecule has 3 aromatic rings.